The Balaban J connectivity index is 2.58. The zero-order valence-electron chi connectivity index (χ0n) is 9.42. The van der Waals surface area contributed by atoms with Gasteiger partial charge in [0, 0.05) is 9.86 Å². The van der Waals surface area contributed by atoms with Gasteiger partial charge in [-0.05, 0) is 18.2 Å². The molecule has 1 amide bonds. The van der Waals surface area contributed by atoms with Crippen molar-refractivity contribution in [2.24, 2.45) is 0 Å². The minimum atomic E-state index is -5.13. The fourth-order valence-corrected chi connectivity index (χ4v) is 1.87. The van der Waals surface area contributed by atoms with E-state index >= 15 is 0 Å². The van der Waals surface area contributed by atoms with Gasteiger partial charge in [0.25, 0.3) is 0 Å². The van der Waals surface area contributed by atoms with Crippen LogP contribution in [0.2, 0.25) is 0 Å². The second-order valence-corrected chi connectivity index (χ2v) is 4.62. The molecule has 1 heterocycles. The molecule has 0 aliphatic heterocycles. The maximum Gasteiger partial charge on any atom is 0.471 e. The van der Waals surface area contributed by atoms with Crippen LogP contribution in [0.5, 0.6) is 0 Å². The molecular weight excluding hydrogens is 347 g/mol. The highest BCUT2D eigenvalue weighted by Gasteiger charge is 2.40. The third-order valence-corrected chi connectivity index (χ3v) is 2.84. The average Bonchev–Trinajstić information content (AvgIpc) is 2.66. The van der Waals surface area contributed by atoms with Gasteiger partial charge in [-0.2, -0.15) is 13.2 Å². The summed E-state index contributed by atoms with van der Waals surface area (Å²) in [7, 11) is 0. The first-order valence-electron chi connectivity index (χ1n) is 5.03. The predicted octanol–water partition coefficient (Wildman–Crippen LogP) is 3.39. The zero-order valence-corrected chi connectivity index (χ0v) is 11.0. The number of hydrogen-bond acceptors (Lipinski definition) is 3. The number of benzene rings is 1. The third kappa shape index (κ3) is 2.62. The summed E-state index contributed by atoms with van der Waals surface area (Å²) in [6.07, 6.45) is -5.13. The Hall–Kier alpha value is -2.03. The van der Waals surface area contributed by atoms with E-state index in [9.17, 15) is 22.8 Å². The predicted molar refractivity (Wildman–Crippen MR) is 65.6 cm³/mol. The van der Waals surface area contributed by atoms with E-state index in [2.05, 4.69) is 15.9 Å². The number of nitrogens with one attached hydrogen (secondary N) is 1. The van der Waals surface area contributed by atoms with Crippen molar-refractivity contribution in [3.63, 3.8) is 0 Å². The topological polar surface area (TPSA) is 79.5 Å². The fraction of sp³-hybridized carbons (Fsp3) is 0.0909. The quantitative estimate of drug-likeness (QED) is 0.868. The van der Waals surface area contributed by atoms with Crippen molar-refractivity contribution in [1.29, 1.82) is 0 Å². The molecule has 2 aromatic rings. The van der Waals surface area contributed by atoms with Crippen molar-refractivity contribution in [2.45, 2.75) is 6.18 Å². The van der Waals surface area contributed by atoms with E-state index in [1.165, 1.54) is 23.5 Å². The fourth-order valence-electron chi connectivity index (χ4n) is 1.53. The molecule has 0 saturated carbocycles. The van der Waals surface area contributed by atoms with Crippen LogP contribution < -0.4 is 5.32 Å². The van der Waals surface area contributed by atoms with Gasteiger partial charge in [-0.15, -0.1) is 0 Å². The molecule has 0 aliphatic rings. The second kappa shape index (κ2) is 4.82. The molecule has 2 rings (SSSR count). The monoisotopic (exact) mass is 351 g/mol. The maximum absolute atomic E-state index is 12.2. The molecule has 0 unspecified atom stereocenters. The lowest BCUT2D eigenvalue weighted by molar-refractivity contribution is -0.167. The molecule has 0 fully saturated rings. The van der Waals surface area contributed by atoms with E-state index < -0.39 is 29.5 Å². The number of hydrogen-bond donors (Lipinski definition) is 2. The van der Waals surface area contributed by atoms with Gasteiger partial charge in [0.15, 0.2) is 0 Å². The summed E-state index contributed by atoms with van der Waals surface area (Å²) in [6, 6.07) is 4.19. The molecule has 0 atom stereocenters. The first kappa shape index (κ1) is 14.4. The number of fused-ring (bicyclic) bond motifs is 1. The summed E-state index contributed by atoms with van der Waals surface area (Å²) in [5.41, 5.74) is -0.489. The van der Waals surface area contributed by atoms with Gasteiger partial charge in [0.2, 0.25) is 5.76 Å². The van der Waals surface area contributed by atoms with Gasteiger partial charge < -0.3 is 14.8 Å². The van der Waals surface area contributed by atoms with E-state index in [0.29, 0.717) is 4.47 Å². The summed E-state index contributed by atoms with van der Waals surface area (Å²) in [6.45, 7) is 0. The standard InChI is InChI=1S/C11H5BrF3NO4/c12-4-1-2-5-6(3-4)20-8(9(17)18)7(5)16-10(19)11(13,14)15/h1-3H,(H,16,19)(H,17,18). The average molecular weight is 352 g/mol. The van der Waals surface area contributed by atoms with Crippen LogP contribution in [-0.4, -0.2) is 23.2 Å². The van der Waals surface area contributed by atoms with E-state index in [4.69, 9.17) is 9.52 Å². The van der Waals surface area contributed by atoms with E-state index in [-0.39, 0.29) is 11.0 Å². The van der Waals surface area contributed by atoms with E-state index in [1.54, 1.807) is 0 Å². The lowest BCUT2D eigenvalue weighted by Gasteiger charge is -2.07. The van der Waals surface area contributed by atoms with Crippen molar-refractivity contribution < 1.29 is 32.3 Å². The zero-order chi connectivity index (χ0) is 15.1. The molecular formula is C11H5BrF3NO4. The van der Waals surface area contributed by atoms with Crippen LogP contribution in [0.4, 0.5) is 18.9 Å². The number of carbonyl (C=O) groups is 2. The van der Waals surface area contributed by atoms with Crippen LogP contribution in [0.1, 0.15) is 10.6 Å². The van der Waals surface area contributed by atoms with Crippen molar-refractivity contribution >= 4 is 44.5 Å². The minimum Gasteiger partial charge on any atom is -0.475 e. The number of amides is 1. The number of carbonyl (C=O) groups excluding carboxylic acids is 1. The van der Waals surface area contributed by atoms with Crippen LogP contribution in [0.3, 0.4) is 0 Å². The maximum atomic E-state index is 12.2. The van der Waals surface area contributed by atoms with Crippen LogP contribution in [-0.2, 0) is 4.79 Å². The molecule has 0 saturated heterocycles. The normalized spacial score (nSPS) is 11.6. The van der Waals surface area contributed by atoms with E-state index in [1.807, 2.05) is 0 Å². The summed E-state index contributed by atoms with van der Waals surface area (Å²) in [5, 5.41) is 10.5. The number of alkyl halides is 3. The first-order chi connectivity index (χ1) is 9.20. The lowest BCUT2D eigenvalue weighted by atomic mass is 10.2. The third-order valence-electron chi connectivity index (χ3n) is 2.34. The van der Waals surface area contributed by atoms with E-state index in [0.717, 1.165) is 0 Å². The first-order valence-corrected chi connectivity index (χ1v) is 5.83. The number of halogens is 4. The highest BCUT2D eigenvalue weighted by atomic mass is 79.9. The highest BCUT2D eigenvalue weighted by molar-refractivity contribution is 9.10. The van der Waals surface area contributed by atoms with Crippen LogP contribution >= 0.6 is 15.9 Å². The summed E-state index contributed by atoms with van der Waals surface area (Å²) < 4.78 is 42.2. The van der Waals surface area contributed by atoms with Gasteiger partial charge in [0.05, 0.1) is 0 Å². The molecule has 0 radical (unpaired) electrons. The van der Waals surface area contributed by atoms with Gasteiger partial charge in [0.1, 0.15) is 11.3 Å². The Morgan fingerprint density at radius 1 is 1.30 bits per heavy atom. The van der Waals surface area contributed by atoms with Gasteiger partial charge in [-0.25, -0.2) is 4.79 Å². The summed E-state index contributed by atoms with van der Waals surface area (Å²) in [4.78, 5) is 21.9. The molecule has 0 bridgehead atoms. The molecule has 0 spiro atoms. The Morgan fingerprint density at radius 2 is 1.95 bits per heavy atom. The molecule has 9 heteroatoms. The molecule has 1 aromatic heterocycles. The Labute approximate surface area is 117 Å². The lowest BCUT2D eigenvalue weighted by Crippen LogP contribution is -2.30. The van der Waals surface area contributed by atoms with Crippen molar-refractivity contribution in [1.82, 2.24) is 0 Å². The molecule has 106 valence electrons. The molecule has 1 aromatic carbocycles. The number of furan rings is 1. The molecule has 20 heavy (non-hydrogen) atoms. The number of carboxylic acid groups (broad SMARTS) is 1. The number of aromatic carboxylic acids is 1. The molecule has 0 aliphatic carbocycles. The Morgan fingerprint density at radius 3 is 2.50 bits per heavy atom. The van der Waals surface area contributed by atoms with Crippen LogP contribution in [0.15, 0.2) is 27.1 Å². The number of rotatable bonds is 2. The van der Waals surface area contributed by atoms with Crippen molar-refractivity contribution in [2.75, 3.05) is 5.32 Å². The van der Waals surface area contributed by atoms with Crippen LogP contribution in [0, 0.1) is 0 Å². The SMILES string of the molecule is O=C(O)c1oc2cc(Br)ccc2c1NC(=O)C(F)(F)F. The Kier molecular flexibility index (Phi) is 3.46. The minimum absolute atomic E-state index is 0.0363. The number of carboxylic acids is 1. The summed E-state index contributed by atoms with van der Waals surface area (Å²) in [5.74, 6) is -4.63. The smallest absolute Gasteiger partial charge is 0.471 e. The summed E-state index contributed by atoms with van der Waals surface area (Å²) >= 11 is 3.11. The number of anilines is 1. The van der Waals surface area contributed by atoms with Crippen molar-refractivity contribution in [3.05, 3.63) is 28.4 Å². The van der Waals surface area contributed by atoms with Gasteiger partial charge in [-0.1, -0.05) is 15.9 Å². The van der Waals surface area contributed by atoms with Gasteiger partial charge in [-0.3, -0.25) is 4.79 Å². The highest BCUT2D eigenvalue weighted by Crippen LogP contribution is 2.33. The second-order valence-electron chi connectivity index (χ2n) is 3.70. The molecule has 2 N–H and O–H groups in total. The Bertz CT molecular complexity index is 707. The van der Waals surface area contributed by atoms with Gasteiger partial charge >= 0.3 is 18.1 Å². The molecule has 5 nitrogen and oxygen atoms in total. The largest absolute Gasteiger partial charge is 0.475 e. The van der Waals surface area contributed by atoms with Crippen LogP contribution in [0.25, 0.3) is 11.0 Å². The van der Waals surface area contributed by atoms with Crippen molar-refractivity contribution in [3.8, 4) is 0 Å².